The third-order valence-corrected chi connectivity index (χ3v) is 4.14. The van der Waals surface area contributed by atoms with Crippen LogP contribution >= 0.6 is 11.6 Å². The zero-order valence-electron chi connectivity index (χ0n) is 13.5. The lowest BCUT2D eigenvalue weighted by Gasteiger charge is -2.25. The molecule has 0 fully saturated rings. The van der Waals surface area contributed by atoms with Crippen LogP contribution in [0.15, 0.2) is 36.5 Å². The van der Waals surface area contributed by atoms with Gasteiger partial charge in [-0.05, 0) is 49.2 Å². The molecule has 6 heteroatoms. The zero-order chi connectivity index (χ0) is 17.2. The summed E-state index contributed by atoms with van der Waals surface area (Å²) in [5.74, 6) is 1.02. The molecule has 1 aromatic heterocycles. The third kappa shape index (κ3) is 3.46. The fraction of sp³-hybridized carbons (Fsp3) is 0.333. The number of hydrogen-bond acceptors (Lipinski definition) is 5. The minimum absolute atomic E-state index is 0.148. The van der Waals surface area contributed by atoms with Crippen molar-refractivity contribution >= 4 is 17.6 Å². The summed E-state index contributed by atoms with van der Waals surface area (Å²) in [5, 5.41) is 0.370. The van der Waals surface area contributed by atoms with Gasteiger partial charge in [-0.2, -0.15) is 0 Å². The van der Waals surface area contributed by atoms with E-state index in [1.807, 2.05) is 32.0 Å². The lowest BCUT2D eigenvalue weighted by Crippen LogP contribution is -2.31. The molecule has 1 aliphatic rings. The van der Waals surface area contributed by atoms with Gasteiger partial charge in [-0.3, -0.25) is 4.79 Å². The molecule has 0 spiro atoms. The van der Waals surface area contributed by atoms with E-state index in [0.29, 0.717) is 29.9 Å². The van der Waals surface area contributed by atoms with Gasteiger partial charge < -0.3 is 14.2 Å². The Balaban J connectivity index is 1.73. The number of rotatable bonds is 4. The van der Waals surface area contributed by atoms with E-state index < -0.39 is 5.41 Å². The molecule has 0 unspecified atom stereocenters. The molecule has 2 aromatic rings. The highest BCUT2D eigenvalue weighted by molar-refractivity contribution is 6.29. The van der Waals surface area contributed by atoms with E-state index >= 15 is 0 Å². The first-order valence-electron chi connectivity index (χ1n) is 7.64. The van der Waals surface area contributed by atoms with Crippen LogP contribution in [0, 0.1) is 0 Å². The van der Waals surface area contributed by atoms with E-state index in [4.69, 9.17) is 25.8 Å². The van der Waals surface area contributed by atoms with Crippen LogP contribution < -0.4 is 9.47 Å². The van der Waals surface area contributed by atoms with E-state index in [1.54, 1.807) is 18.3 Å². The average Bonchev–Trinajstić information content (AvgIpc) is 2.59. The van der Waals surface area contributed by atoms with Gasteiger partial charge in [0, 0.05) is 6.20 Å². The van der Waals surface area contributed by atoms with Crippen LogP contribution in [0.3, 0.4) is 0 Å². The van der Waals surface area contributed by atoms with Gasteiger partial charge >= 0.3 is 5.97 Å². The number of hydrogen-bond donors (Lipinski definition) is 0. The van der Waals surface area contributed by atoms with Crippen molar-refractivity contribution in [2.24, 2.45) is 0 Å². The lowest BCUT2D eigenvalue weighted by atomic mass is 9.84. The predicted octanol–water partition coefficient (Wildman–Crippen LogP) is 3.53. The number of esters is 1. The van der Waals surface area contributed by atoms with Crippen molar-refractivity contribution in [2.75, 3.05) is 13.2 Å². The molecule has 0 bridgehead atoms. The standard InChI is InChI=1S/C18H18ClNO4/c1-18(2,13-3-4-14-15(10-13)23-8-7-22-14)17(21)24-11-12-5-6-20-16(19)9-12/h3-6,9-10H,7-8,11H2,1-2H3. The Labute approximate surface area is 145 Å². The van der Waals surface area contributed by atoms with Crippen LogP contribution in [0.4, 0.5) is 0 Å². The highest BCUT2D eigenvalue weighted by atomic mass is 35.5. The predicted molar refractivity (Wildman–Crippen MR) is 89.5 cm³/mol. The molecule has 2 heterocycles. The van der Waals surface area contributed by atoms with E-state index in [0.717, 1.165) is 11.1 Å². The van der Waals surface area contributed by atoms with Gasteiger partial charge in [0.1, 0.15) is 25.0 Å². The van der Waals surface area contributed by atoms with Crippen molar-refractivity contribution in [1.29, 1.82) is 0 Å². The maximum atomic E-state index is 12.5. The van der Waals surface area contributed by atoms with Gasteiger partial charge in [-0.1, -0.05) is 17.7 Å². The number of benzene rings is 1. The Bertz CT molecular complexity index is 760. The first-order valence-corrected chi connectivity index (χ1v) is 8.02. The van der Waals surface area contributed by atoms with E-state index in [1.165, 1.54) is 0 Å². The monoisotopic (exact) mass is 347 g/mol. The highest BCUT2D eigenvalue weighted by Crippen LogP contribution is 2.35. The summed E-state index contributed by atoms with van der Waals surface area (Å²) in [6.07, 6.45) is 1.58. The highest BCUT2D eigenvalue weighted by Gasteiger charge is 2.32. The summed E-state index contributed by atoms with van der Waals surface area (Å²) in [7, 11) is 0. The summed E-state index contributed by atoms with van der Waals surface area (Å²) < 4.78 is 16.5. The summed E-state index contributed by atoms with van der Waals surface area (Å²) in [6.45, 7) is 4.83. The maximum absolute atomic E-state index is 12.5. The van der Waals surface area contributed by atoms with E-state index in [9.17, 15) is 4.79 Å². The Morgan fingerprint density at radius 3 is 2.71 bits per heavy atom. The topological polar surface area (TPSA) is 57.7 Å². The van der Waals surface area contributed by atoms with Crippen molar-refractivity contribution in [3.8, 4) is 11.5 Å². The van der Waals surface area contributed by atoms with Crippen molar-refractivity contribution < 1.29 is 19.0 Å². The fourth-order valence-electron chi connectivity index (χ4n) is 2.41. The first-order chi connectivity index (χ1) is 11.5. The first kappa shape index (κ1) is 16.6. The van der Waals surface area contributed by atoms with Crippen molar-refractivity contribution in [3.05, 3.63) is 52.8 Å². The lowest BCUT2D eigenvalue weighted by molar-refractivity contribution is -0.150. The molecule has 0 aliphatic carbocycles. The molecule has 0 amide bonds. The Hall–Kier alpha value is -2.27. The van der Waals surface area contributed by atoms with Crippen molar-refractivity contribution in [2.45, 2.75) is 25.9 Å². The Morgan fingerprint density at radius 1 is 1.21 bits per heavy atom. The van der Waals surface area contributed by atoms with Crippen LogP contribution in [0.25, 0.3) is 0 Å². The number of carbonyl (C=O) groups is 1. The number of carbonyl (C=O) groups excluding carboxylic acids is 1. The maximum Gasteiger partial charge on any atom is 0.316 e. The smallest absolute Gasteiger partial charge is 0.316 e. The molecule has 1 aromatic carbocycles. The van der Waals surface area contributed by atoms with Crippen LogP contribution in [-0.2, 0) is 21.6 Å². The number of fused-ring (bicyclic) bond motifs is 1. The second-order valence-electron chi connectivity index (χ2n) is 6.05. The second-order valence-corrected chi connectivity index (χ2v) is 6.43. The quantitative estimate of drug-likeness (QED) is 0.625. The van der Waals surface area contributed by atoms with Crippen molar-refractivity contribution in [3.63, 3.8) is 0 Å². The molecule has 0 saturated heterocycles. The average molecular weight is 348 g/mol. The minimum atomic E-state index is -0.813. The molecule has 1 aliphatic heterocycles. The molecule has 126 valence electrons. The van der Waals surface area contributed by atoms with Crippen LogP contribution in [0.1, 0.15) is 25.0 Å². The molecule has 0 atom stereocenters. The van der Waals surface area contributed by atoms with Gasteiger partial charge in [-0.15, -0.1) is 0 Å². The molecule has 0 radical (unpaired) electrons. The Morgan fingerprint density at radius 2 is 1.96 bits per heavy atom. The van der Waals surface area contributed by atoms with E-state index in [2.05, 4.69) is 4.98 Å². The van der Waals surface area contributed by atoms with Gasteiger partial charge in [0.25, 0.3) is 0 Å². The number of aromatic nitrogens is 1. The second kappa shape index (κ2) is 6.69. The van der Waals surface area contributed by atoms with Crippen molar-refractivity contribution in [1.82, 2.24) is 4.98 Å². The summed E-state index contributed by atoms with van der Waals surface area (Å²) in [5.41, 5.74) is 0.790. The normalized spacial score (nSPS) is 13.5. The molecule has 3 rings (SSSR count). The summed E-state index contributed by atoms with van der Waals surface area (Å²) in [6, 6.07) is 8.95. The van der Waals surface area contributed by atoms with Crippen LogP contribution in [0.2, 0.25) is 5.15 Å². The molecule has 0 saturated carbocycles. The molecular formula is C18H18ClNO4. The molecule has 24 heavy (non-hydrogen) atoms. The molecule has 5 nitrogen and oxygen atoms in total. The largest absolute Gasteiger partial charge is 0.486 e. The number of ether oxygens (including phenoxy) is 3. The minimum Gasteiger partial charge on any atom is -0.486 e. The van der Waals surface area contributed by atoms with Gasteiger partial charge in [0.15, 0.2) is 11.5 Å². The third-order valence-electron chi connectivity index (χ3n) is 3.94. The van der Waals surface area contributed by atoms with Gasteiger partial charge in [0.2, 0.25) is 0 Å². The molecular weight excluding hydrogens is 330 g/mol. The molecule has 0 N–H and O–H groups in total. The number of nitrogens with zero attached hydrogens (tertiary/aromatic N) is 1. The van der Waals surface area contributed by atoms with Crippen LogP contribution in [0.5, 0.6) is 11.5 Å². The summed E-state index contributed by atoms with van der Waals surface area (Å²) in [4.78, 5) is 16.5. The Kier molecular flexibility index (Phi) is 4.62. The number of halogens is 1. The van der Waals surface area contributed by atoms with Gasteiger partial charge in [-0.25, -0.2) is 4.98 Å². The van der Waals surface area contributed by atoms with E-state index in [-0.39, 0.29) is 12.6 Å². The SMILES string of the molecule is CC(C)(C(=O)OCc1ccnc(Cl)c1)c1ccc2c(c1)OCCO2. The van der Waals surface area contributed by atoms with Gasteiger partial charge in [0.05, 0.1) is 5.41 Å². The van der Waals surface area contributed by atoms with Crippen LogP contribution in [-0.4, -0.2) is 24.2 Å². The fourth-order valence-corrected chi connectivity index (χ4v) is 2.61. The summed E-state index contributed by atoms with van der Waals surface area (Å²) >= 11 is 5.84. The zero-order valence-corrected chi connectivity index (χ0v) is 14.3. The number of pyridine rings is 1.